The SMILES string of the molecule is COc1ccc(C(=O)[C@@H]2Oc3ccc(Cl)cc3[C@@H]3CC(c4ccc(F)cc4)=NN23)cc1. The Bertz CT molecular complexity index is 1180. The number of ether oxygens (including phenoxy) is 2. The Hall–Kier alpha value is -3.38. The molecule has 2 heterocycles. The molecule has 0 radical (unpaired) electrons. The van der Waals surface area contributed by atoms with E-state index in [-0.39, 0.29) is 17.6 Å². The van der Waals surface area contributed by atoms with Gasteiger partial charge in [0, 0.05) is 22.6 Å². The molecule has 0 saturated heterocycles. The first-order valence-corrected chi connectivity index (χ1v) is 10.2. The van der Waals surface area contributed by atoms with Gasteiger partial charge in [-0.15, -0.1) is 0 Å². The molecular formula is C24H18ClFN2O3. The van der Waals surface area contributed by atoms with Gasteiger partial charge in [0.2, 0.25) is 5.78 Å². The Labute approximate surface area is 183 Å². The fraction of sp³-hybridized carbons (Fsp3) is 0.167. The van der Waals surface area contributed by atoms with Crippen molar-refractivity contribution in [1.82, 2.24) is 5.01 Å². The van der Waals surface area contributed by atoms with E-state index in [1.807, 2.05) is 6.07 Å². The number of hydrogen-bond acceptors (Lipinski definition) is 5. The van der Waals surface area contributed by atoms with Gasteiger partial charge in [-0.1, -0.05) is 23.7 Å². The highest BCUT2D eigenvalue weighted by Crippen LogP contribution is 2.44. The molecule has 156 valence electrons. The third-order valence-electron chi connectivity index (χ3n) is 5.53. The van der Waals surface area contributed by atoms with Gasteiger partial charge in [-0.05, 0) is 60.2 Å². The summed E-state index contributed by atoms with van der Waals surface area (Å²) in [5.74, 6) is 0.746. The number of fused-ring (bicyclic) bond motifs is 3. The number of halogens is 2. The summed E-state index contributed by atoms with van der Waals surface area (Å²) < 4.78 is 24.7. The molecule has 5 nitrogen and oxygen atoms in total. The average molecular weight is 437 g/mol. The number of rotatable bonds is 4. The summed E-state index contributed by atoms with van der Waals surface area (Å²) in [7, 11) is 1.57. The van der Waals surface area contributed by atoms with Gasteiger partial charge in [-0.25, -0.2) is 9.40 Å². The number of methoxy groups -OCH3 is 1. The van der Waals surface area contributed by atoms with Gasteiger partial charge in [0.1, 0.15) is 17.3 Å². The van der Waals surface area contributed by atoms with Gasteiger partial charge in [0.25, 0.3) is 6.23 Å². The van der Waals surface area contributed by atoms with Crippen LogP contribution in [0.25, 0.3) is 0 Å². The molecular weight excluding hydrogens is 419 g/mol. The van der Waals surface area contributed by atoms with E-state index in [1.165, 1.54) is 12.1 Å². The number of Topliss-reactive ketones (excluding diaryl/α,β-unsaturated/α-hetero) is 1. The summed E-state index contributed by atoms with van der Waals surface area (Å²) in [6.45, 7) is 0. The van der Waals surface area contributed by atoms with Crippen LogP contribution in [0.15, 0.2) is 71.8 Å². The van der Waals surface area contributed by atoms with Crippen LogP contribution in [0, 0.1) is 5.82 Å². The molecule has 0 amide bonds. The molecule has 0 aliphatic carbocycles. The van der Waals surface area contributed by atoms with Crippen molar-refractivity contribution in [1.29, 1.82) is 0 Å². The lowest BCUT2D eigenvalue weighted by Crippen LogP contribution is -2.45. The maximum atomic E-state index is 13.4. The van der Waals surface area contributed by atoms with Crippen molar-refractivity contribution in [3.05, 3.63) is 94.3 Å². The lowest BCUT2D eigenvalue weighted by atomic mass is 9.95. The van der Waals surface area contributed by atoms with Crippen molar-refractivity contribution in [2.75, 3.05) is 7.11 Å². The van der Waals surface area contributed by atoms with Gasteiger partial charge < -0.3 is 9.47 Å². The van der Waals surface area contributed by atoms with E-state index >= 15 is 0 Å². The number of nitrogens with zero attached hydrogens (tertiary/aromatic N) is 2. The second kappa shape index (κ2) is 7.71. The van der Waals surface area contributed by atoms with Crippen LogP contribution in [0.1, 0.15) is 33.9 Å². The van der Waals surface area contributed by atoms with E-state index in [2.05, 4.69) is 0 Å². The maximum Gasteiger partial charge on any atom is 0.251 e. The predicted octanol–water partition coefficient (Wildman–Crippen LogP) is 5.24. The predicted molar refractivity (Wildman–Crippen MR) is 115 cm³/mol. The molecule has 31 heavy (non-hydrogen) atoms. The van der Waals surface area contributed by atoms with Crippen molar-refractivity contribution in [2.45, 2.75) is 18.7 Å². The minimum absolute atomic E-state index is 0.211. The van der Waals surface area contributed by atoms with Crippen LogP contribution in [0.3, 0.4) is 0 Å². The van der Waals surface area contributed by atoms with Crippen LogP contribution in [0.4, 0.5) is 4.39 Å². The van der Waals surface area contributed by atoms with E-state index in [4.69, 9.17) is 26.2 Å². The van der Waals surface area contributed by atoms with Crippen molar-refractivity contribution in [3.8, 4) is 11.5 Å². The standard InChI is InChI=1S/C24H18ClFN2O3/c1-30-18-9-4-15(5-10-18)23(29)24-28-21(19-12-16(25)6-11-22(19)31-24)13-20(27-28)14-2-7-17(26)8-3-14/h2-12,21,24H,13H2,1H3/t21-,24-/m0/s1. The molecule has 3 aromatic carbocycles. The van der Waals surface area contributed by atoms with Crippen molar-refractivity contribution >= 4 is 23.1 Å². The maximum absolute atomic E-state index is 13.4. The molecule has 2 atom stereocenters. The van der Waals surface area contributed by atoms with Crippen LogP contribution in [0.5, 0.6) is 11.5 Å². The first kappa shape index (κ1) is 19.6. The van der Waals surface area contributed by atoms with E-state index < -0.39 is 6.23 Å². The number of hydrazone groups is 1. The highest BCUT2D eigenvalue weighted by molar-refractivity contribution is 6.30. The molecule has 2 aliphatic rings. The van der Waals surface area contributed by atoms with Crippen LogP contribution in [0.2, 0.25) is 5.02 Å². The molecule has 0 aromatic heterocycles. The Morgan fingerprint density at radius 3 is 2.58 bits per heavy atom. The molecule has 0 fully saturated rings. The molecule has 0 saturated carbocycles. The lowest BCUT2D eigenvalue weighted by Gasteiger charge is -2.37. The van der Waals surface area contributed by atoms with Crippen LogP contribution >= 0.6 is 11.6 Å². The number of carbonyl (C=O) groups excluding carboxylic acids is 1. The van der Waals surface area contributed by atoms with Crippen LogP contribution in [-0.4, -0.2) is 29.8 Å². The van der Waals surface area contributed by atoms with Crippen molar-refractivity contribution < 1.29 is 18.7 Å². The molecule has 0 bridgehead atoms. The second-order valence-electron chi connectivity index (χ2n) is 7.40. The highest BCUT2D eigenvalue weighted by atomic mass is 35.5. The Morgan fingerprint density at radius 1 is 1.13 bits per heavy atom. The topological polar surface area (TPSA) is 51.1 Å². The summed E-state index contributed by atoms with van der Waals surface area (Å²) in [4.78, 5) is 13.4. The summed E-state index contributed by atoms with van der Waals surface area (Å²) in [6, 6.07) is 18.2. The van der Waals surface area contributed by atoms with Gasteiger partial charge in [0.15, 0.2) is 0 Å². The average Bonchev–Trinajstić information content (AvgIpc) is 3.24. The fourth-order valence-electron chi connectivity index (χ4n) is 3.95. The number of ketones is 1. The van der Waals surface area contributed by atoms with Gasteiger partial charge >= 0.3 is 0 Å². The summed E-state index contributed by atoms with van der Waals surface area (Å²) in [5.41, 5.74) is 2.92. The summed E-state index contributed by atoms with van der Waals surface area (Å²) >= 11 is 6.23. The van der Waals surface area contributed by atoms with E-state index in [9.17, 15) is 9.18 Å². The highest BCUT2D eigenvalue weighted by Gasteiger charge is 2.43. The van der Waals surface area contributed by atoms with Gasteiger partial charge in [0.05, 0.1) is 18.9 Å². The molecule has 2 aliphatic heterocycles. The molecule has 5 rings (SSSR count). The first-order valence-electron chi connectivity index (χ1n) is 9.79. The monoisotopic (exact) mass is 436 g/mol. The first-order chi connectivity index (χ1) is 15.0. The zero-order chi connectivity index (χ0) is 21.5. The smallest absolute Gasteiger partial charge is 0.251 e. The lowest BCUT2D eigenvalue weighted by molar-refractivity contribution is -0.00455. The third-order valence-corrected chi connectivity index (χ3v) is 5.76. The molecule has 7 heteroatoms. The van der Waals surface area contributed by atoms with E-state index in [1.54, 1.807) is 60.6 Å². The third kappa shape index (κ3) is 3.53. The summed E-state index contributed by atoms with van der Waals surface area (Å²) in [5, 5.41) is 6.98. The number of hydrogen-bond donors (Lipinski definition) is 0. The van der Waals surface area contributed by atoms with Crippen LogP contribution in [-0.2, 0) is 0 Å². The van der Waals surface area contributed by atoms with Crippen molar-refractivity contribution in [2.24, 2.45) is 5.10 Å². The fourth-order valence-corrected chi connectivity index (χ4v) is 4.13. The van der Waals surface area contributed by atoms with Gasteiger partial charge in [-0.3, -0.25) is 4.79 Å². The zero-order valence-electron chi connectivity index (χ0n) is 16.6. The Kier molecular flexibility index (Phi) is 4.87. The number of carbonyl (C=O) groups is 1. The summed E-state index contributed by atoms with van der Waals surface area (Å²) in [6.07, 6.45) is -0.376. The molecule has 3 aromatic rings. The van der Waals surface area contributed by atoms with Crippen LogP contribution < -0.4 is 9.47 Å². The normalized spacial score (nSPS) is 19.2. The molecule has 0 spiro atoms. The minimum atomic E-state index is -0.926. The largest absolute Gasteiger partial charge is 0.497 e. The van der Waals surface area contributed by atoms with Crippen molar-refractivity contribution in [3.63, 3.8) is 0 Å². The minimum Gasteiger partial charge on any atom is -0.497 e. The number of benzene rings is 3. The second-order valence-corrected chi connectivity index (χ2v) is 7.84. The van der Waals surface area contributed by atoms with Gasteiger partial charge in [-0.2, -0.15) is 5.10 Å². The van der Waals surface area contributed by atoms with E-state index in [0.717, 1.165) is 16.8 Å². The zero-order valence-corrected chi connectivity index (χ0v) is 17.3. The quantitative estimate of drug-likeness (QED) is 0.525. The Morgan fingerprint density at radius 2 is 1.87 bits per heavy atom. The Balaban J connectivity index is 1.55. The molecule has 0 N–H and O–H groups in total. The van der Waals surface area contributed by atoms with E-state index in [0.29, 0.717) is 28.5 Å². The molecule has 0 unspecified atom stereocenters.